The Morgan fingerprint density at radius 3 is 1.87 bits per heavy atom. The molecular formula is C19H22F6O5. The van der Waals surface area contributed by atoms with E-state index in [0.717, 1.165) is 6.42 Å². The van der Waals surface area contributed by atoms with Crippen LogP contribution in [0.5, 0.6) is 11.5 Å². The zero-order valence-corrected chi connectivity index (χ0v) is 16.5. The molecule has 0 spiro atoms. The molecule has 1 aromatic carbocycles. The topological polar surface area (TPSA) is 61.8 Å². The van der Waals surface area contributed by atoms with Gasteiger partial charge in [-0.15, -0.1) is 0 Å². The highest BCUT2D eigenvalue weighted by Gasteiger charge is 2.59. The Labute approximate surface area is 169 Å². The number of hydrogen-bond donors (Lipinski definition) is 0. The minimum Gasteiger partial charge on any atom is -0.482 e. The van der Waals surface area contributed by atoms with E-state index >= 15 is 0 Å². The molecule has 1 aromatic rings. The van der Waals surface area contributed by atoms with Crippen molar-refractivity contribution in [3.63, 3.8) is 0 Å². The highest BCUT2D eigenvalue weighted by Crippen LogP contribution is 2.35. The molecule has 30 heavy (non-hydrogen) atoms. The van der Waals surface area contributed by atoms with Gasteiger partial charge in [0.1, 0.15) is 11.5 Å². The fourth-order valence-corrected chi connectivity index (χ4v) is 2.03. The molecule has 0 fully saturated rings. The minimum atomic E-state index is -5.80. The van der Waals surface area contributed by atoms with Gasteiger partial charge in [-0.05, 0) is 36.1 Å². The van der Waals surface area contributed by atoms with Crippen molar-refractivity contribution in [2.24, 2.45) is 5.41 Å². The number of halogens is 6. The largest absolute Gasteiger partial charge is 0.482 e. The van der Waals surface area contributed by atoms with Gasteiger partial charge in [0.05, 0.1) is 0 Å². The number of ether oxygens (including phenoxy) is 3. The summed E-state index contributed by atoms with van der Waals surface area (Å²) < 4.78 is 87.5. The zero-order chi connectivity index (χ0) is 23.2. The molecule has 1 rings (SSSR count). The first-order chi connectivity index (χ1) is 13.6. The summed E-state index contributed by atoms with van der Waals surface area (Å²) in [5.41, 5.74) is -0.0113. The van der Waals surface area contributed by atoms with Gasteiger partial charge in [-0.3, -0.25) is 4.79 Å². The lowest BCUT2D eigenvalue weighted by atomic mass is 9.85. The molecule has 0 amide bonds. The second-order valence-corrected chi connectivity index (χ2v) is 7.21. The van der Waals surface area contributed by atoms with E-state index in [-0.39, 0.29) is 23.3 Å². The molecule has 11 heteroatoms. The molecule has 0 saturated carbocycles. The van der Waals surface area contributed by atoms with Gasteiger partial charge in [0.25, 0.3) is 6.10 Å². The van der Waals surface area contributed by atoms with Crippen LogP contribution in [0, 0.1) is 5.41 Å². The predicted octanol–water partition coefficient (Wildman–Crippen LogP) is 5.22. The Hall–Kier alpha value is -2.46. The van der Waals surface area contributed by atoms with Crippen molar-refractivity contribution in [2.75, 3.05) is 6.61 Å². The summed E-state index contributed by atoms with van der Waals surface area (Å²) in [6.45, 7) is 4.87. The van der Waals surface area contributed by atoms with E-state index < -0.39 is 37.0 Å². The molecule has 170 valence electrons. The maximum Gasteiger partial charge on any atom is 0.434 e. The van der Waals surface area contributed by atoms with E-state index in [2.05, 4.69) is 4.74 Å². The number of rotatable bonds is 9. The molecule has 0 saturated heterocycles. The summed E-state index contributed by atoms with van der Waals surface area (Å²) in [6.07, 6.45) is -14.1. The molecule has 0 heterocycles. The summed E-state index contributed by atoms with van der Waals surface area (Å²) in [5.74, 6) is -2.18. The Morgan fingerprint density at radius 1 is 0.900 bits per heavy atom. The van der Waals surface area contributed by atoms with E-state index in [1.807, 2.05) is 20.8 Å². The molecule has 0 aromatic heterocycles. The smallest absolute Gasteiger partial charge is 0.434 e. The van der Waals surface area contributed by atoms with Gasteiger partial charge >= 0.3 is 24.3 Å². The average Bonchev–Trinajstić information content (AvgIpc) is 2.62. The Balaban J connectivity index is 2.55. The molecule has 0 unspecified atom stereocenters. The molecule has 0 radical (unpaired) electrons. The van der Waals surface area contributed by atoms with Crippen LogP contribution < -0.4 is 9.47 Å². The standard InChI is InChI=1S/C19H22F6O5/c1-4-17(2,3)10-9-14(26)29-13-7-5-12(6-8-13)28-11-15(27)30-16(18(20,21)22)19(23,24)25/h5-8,16H,4,9-11H2,1-3H3. The first kappa shape index (κ1) is 25.6. The van der Waals surface area contributed by atoms with Gasteiger partial charge in [-0.1, -0.05) is 27.2 Å². The van der Waals surface area contributed by atoms with Gasteiger partial charge in [0.2, 0.25) is 0 Å². The third kappa shape index (κ3) is 8.91. The first-order valence-electron chi connectivity index (χ1n) is 8.90. The van der Waals surface area contributed by atoms with Crippen LogP contribution in [0.2, 0.25) is 0 Å². The first-order valence-corrected chi connectivity index (χ1v) is 8.90. The van der Waals surface area contributed by atoms with Crippen LogP contribution in [0.4, 0.5) is 26.3 Å². The SMILES string of the molecule is CCC(C)(C)CCC(=O)Oc1ccc(OCC(=O)OC(C(F)(F)F)C(F)(F)F)cc1. The number of esters is 2. The van der Waals surface area contributed by atoms with Gasteiger partial charge in [0.15, 0.2) is 6.61 Å². The van der Waals surface area contributed by atoms with Crippen LogP contribution in [0.3, 0.4) is 0 Å². The summed E-state index contributed by atoms with van der Waals surface area (Å²) in [4.78, 5) is 23.1. The van der Waals surface area contributed by atoms with Crippen LogP contribution in [-0.2, 0) is 14.3 Å². The molecule has 0 aliphatic carbocycles. The van der Waals surface area contributed by atoms with Gasteiger partial charge < -0.3 is 14.2 Å². The quantitative estimate of drug-likeness (QED) is 0.297. The second kappa shape index (κ2) is 10.0. The third-order valence-corrected chi connectivity index (χ3v) is 4.22. The van der Waals surface area contributed by atoms with Crippen LogP contribution in [-0.4, -0.2) is 37.0 Å². The predicted molar refractivity (Wildman–Crippen MR) is 92.9 cm³/mol. The van der Waals surface area contributed by atoms with E-state index in [1.165, 1.54) is 24.3 Å². The Kier molecular flexibility index (Phi) is 8.55. The van der Waals surface area contributed by atoms with Crippen LogP contribution in [0.25, 0.3) is 0 Å². The van der Waals surface area contributed by atoms with Gasteiger partial charge in [-0.25, -0.2) is 4.79 Å². The summed E-state index contributed by atoms with van der Waals surface area (Å²) in [6, 6.07) is 5.07. The van der Waals surface area contributed by atoms with E-state index in [0.29, 0.717) is 6.42 Å². The minimum absolute atomic E-state index is 0.0113. The third-order valence-electron chi connectivity index (χ3n) is 4.22. The number of alkyl halides is 6. The van der Waals surface area contributed by atoms with Crippen molar-refractivity contribution < 1.29 is 50.1 Å². The van der Waals surface area contributed by atoms with Crippen LogP contribution in [0.15, 0.2) is 24.3 Å². The lowest BCUT2D eigenvalue weighted by molar-refractivity contribution is -0.313. The summed E-state index contributed by atoms with van der Waals surface area (Å²) in [5, 5.41) is 0. The normalized spacial score (nSPS) is 12.6. The second-order valence-electron chi connectivity index (χ2n) is 7.21. The molecule has 0 N–H and O–H groups in total. The van der Waals surface area contributed by atoms with Crippen molar-refractivity contribution >= 4 is 11.9 Å². The van der Waals surface area contributed by atoms with Gasteiger partial charge in [0, 0.05) is 6.42 Å². The maximum absolute atomic E-state index is 12.3. The van der Waals surface area contributed by atoms with Crippen LogP contribution >= 0.6 is 0 Å². The molecule has 5 nitrogen and oxygen atoms in total. The highest BCUT2D eigenvalue weighted by molar-refractivity contribution is 5.72. The number of carbonyl (C=O) groups excluding carboxylic acids is 2. The van der Waals surface area contributed by atoms with Crippen molar-refractivity contribution in [3.05, 3.63) is 24.3 Å². The molecular weight excluding hydrogens is 422 g/mol. The highest BCUT2D eigenvalue weighted by atomic mass is 19.4. The summed E-state index contributed by atoms with van der Waals surface area (Å²) >= 11 is 0. The van der Waals surface area contributed by atoms with Crippen molar-refractivity contribution in [3.8, 4) is 11.5 Å². The zero-order valence-electron chi connectivity index (χ0n) is 16.5. The van der Waals surface area contributed by atoms with Crippen molar-refractivity contribution in [2.45, 2.75) is 58.5 Å². The lowest BCUT2D eigenvalue weighted by Crippen LogP contribution is -2.46. The number of hydrogen-bond acceptors (Lipinski definition) is 5. The number of carbonyl (C=O) groups is 2. The summed E-state index contributed by atoms with van der Waals surface area (Å²) in [7, 11) is 0. The van der Waals surface area contributed by atoms with Crippen LogP contribution in [0.1, 0.15) is 40.0 Å². The number of benzene rings is 1. The Morgan fingerprint density at radius 2 is 1.40 bits per heavy atom. The van der Waals surface area contributed by atoms with E-state index in [1.54, 1.807) is 0 Å². The molecule has 0 aliphatic rings. The molecule has 0 bridgehead atoms. The lowest BCUT2D eigenvalue weighted by Gasteiger charge is -2.22. The molecule has 0 atom stereocenters. The Bertz CT molecular complexity index is 696. The molecule has 0 aliphatic heterocycles. The average molecular weight is 444 g/mol. The fourth-order valence-electron chi connectivity index (χ4n) is 2.03. The maximum atomic E-state index is 12.3. The van der Waals surface area contributed by atoms with Gasteiger partial charge in [-0.2, -0.15) is 26.3 Å². The fraction of sp³-hybridized carbons (Fsp3) is 0.579. The van der Waals surface area contributed by atoms with Crippen molar-refractivity contribution in [1.29, 1.82) is 0 Å². The monoisotopic (exact) mass is 444 g/mol. The van der Waals surface area contributed by atoms with Crippen molar-refractivity contribution in [1.82, 2.24) is 0 Å². The van der Waals surface area contributed by atoms with E-state index in [4.69, 9.17) is 9.47 Å². The van der Waals surface area contributed by atoms with E-state index in [9.17, 15) is 35.9 Å².